The lowest BCUT2D eigenvalue weighted by molar-refractivity contribution is 0.0600. The van der Waals surface area contributed by atoms with Gasteiger partial charge in [-0.1, -0.05) is 64.5 Å². The van der Waals surface area contributed by atoms with Gasteiger partial charge in [-0.05, 0) is 30.0 Å². The number of methoxy groups -OCH3 is 1. The summed E-state index contributed by atoms with van der Waals surface area (Å²) in [5, 5.41) is 0. The molecule has 0 saturated carbocycles. The molecule has 0 amide bonds. The number of hydrogen-bond donors (Lipinski definition) is 0. The van der Waals surface area contributed by atoms with Crippen LogP contribution in [-0.4, -0.2) is 13.1 Å². The Morgan fingerprint density at radius 3 is 2.05 bits per heavy atom. The van der Waals surface area contributed by atoms with Crippen LogP contribution in [-0.2, 0) is 11.2 Å². The Balaban J connectivity index is 2.60. The lowest BCUT2D eigenvalue weighted by Crippen LogP contribution is -2.06. The van der Waals surface area contributed by atoms with E-state index in [1.807, 2.05) is 12.1 Å². The molecule has 0 aromatic heterocycles. The first kappa shape index (κ1) is 16.7. The van der Waals surface area contributed by atoms with Crippen molar-refractivity contribution in [2.75, 3.05) is 7.11 Å². The van der Waals surface area contributed by atoms with Crippen molar-refractivity contribution in [2.24, 2.45) is 5.92 Å². The van der Waals surface area contributed by atoms with Crippen LogP contribution in [0.2, 0.25) is 0 Å². The average molecular weight is 276 g/mol. The van der Waals surface area contributed by atoms with Crippen LogP contribution in [0.1, 0.15) is 68.3 Å². The van der Waals surface area contributed by atoms with E-state index in [1.54, 1.807) is 0 Å². The predicted octanol–water partition coefficient (Wildman–Crippen LogP) is 5.01. The quantitative estimate of drug-likeness (QED) is 0.592. The first-order valence-corrected chi connectivity index (χ1v) is 7.88. The zero-order valence-electron chi connectivity index (χ0n) is 13.2. The molecule has 0 atom stereocenters. The summed E-state index contributed by atoms with van der Waals surface area (Å²) < 4.78 is 4.72. The van der Waals surface area contributed by atoms with Crippen molar-refractivity contribution < 1.29 is 9.53 Å². The molecule has 1 aromatic rings. The highest BCUT2D eigenvalue weighted by Gasteiger charge is 2.10. The van der Waals surface area contributed by atoms with Crippen molar-refractivity contribution in [1.29, 1.82) is 0 Å². The summed E-state index contributed by atoms with van der Waals surface area (Å²) in [6.45, 7) is 4.50. The first-order valence-electron chi connectivity index (χ1n) is 7.88. The number of carbonyl (C=O) groups excluding carboxylic acids is 1. The standard InChI is InChI=1S/C18H28O2/c1-4-6-8-15(9-7-5-2)14-16-10-12-17(13-11-16)18(19)20-3/h10-13,15H,4-9,14H2,1-3H3. The van der Waals surface area contributed by atoms with E-state index >= 15 is 0 Å². The molecule has 20 heavy (non-hydrogen) atoms. The zero-order chi connectivity index (χ0) is 14.8. The number of ether oxygens (including phenoxy) is 1. The Hall–Kier alpha value is -1.31. The van der Waals surface area contributed by atoms with Crippen molar-refractivity contribution in [2.45, 2.75) is 58.8 Å². The Labute approximate surface area is 123 Å². The van der Waals surface area contributed by atoms with E-state index in [-0.39, 0.29) is 5.97 Å². The number of rotatable bonds is 9. The summed E-state index contributed by atoms with van der Waals surface area (Å²) in [5.41, 5.74) is 1.96. The summed E-state index contributed by atoms with van der Waals surface area (Å²) in [4.78, 5) is 11.4. The van der Waals surface area contributed by atoms with Crippen molar-refractivity contribution in [3.8, 4) is 0 Å². The van der Waals surface area contributed by atoms with Gasteiger partial charge in [-0.2, -0.15) is 0 Å². The normalized spacial score (nSPS) is 10.8. The van der Waals surface area contributed by atoms with Gasteiger partial charge in [0.05, 0.1) is 12.7 Å². The predicted molar refractivity (Wildman–Crippen MR) is 84.0 cm³/mol. The van der Waals surface area contributed by atoms with Gasteiger partial charge in [0.1, 0.15) is 0 Å². The first-order chi connectivity index (χ1) is 9.71. The maximum atomic E-state index is 11.4. The van der Waals surface area contributed by atoms with Crippen LogP contribution in [0.4, 0.5) is 0 Å². The van der Waals surface area contributed by atoms with E-state index in [1.165, 1.54) is 51.2 Å². The van der Waals surface area contributed by atoms with Gasteiger partial charge < -0.3 is 4.74 Å². The average Bonchev–Trinajstić information content (AvgIpc) is 2.49. The van der Waals surface area contributed by atoms with Crippen molar-refractivity contribution in [3.63, 3.8) is 0 Å². The third-order valence-corrected chi connectivity index (χ3v) is 3.83. The lowest BCUT2D eigenvalue weighted by atomic mass is 9.89. The number of esters is 1. The zero-order valence-corrected chi connectivity index (χ0v) is 13.2. The second kappa shape index (κ2) is 9.57. The molecule has 0 aliphatic carbocycles. The molecule has 0 fully saturated rings. The minimum atomic E-state index is -0.259. The highest BCUT2D eigenvalue weighted by molar-refractivity contribution is 5.89. The molecule has 112 valence electrons. The minimum absolute atomic E-state index is 0.259. The summed E-state index contributed by atoms with van der Waals surface area (Å²) in [6.07, 6.45) is 8.92. The van der Waals surface area contributed by atoms with E-state index in [4.69, 9.17) is 4.74 Å². The van der Waals surface area contributed by atoms with Crippen LogP contribution >= 0.6 is 0 Å². The van der Waals surface area contributed by atoms with Crippen molar-refractivity contribution >= 4 is 5.97 Å². The van der Waals surface area contributed by atoms with E-state index < -0.39 is 0 Å². The summed E-state index contributed by atoms with van der Waals surface area (Å²) in [6, 6.07) is 7.88. The Morgan fingerprint density at radius 2 is 1.60 bits per heavy atom. The number of hydrogen-bond acceptors (Lipinski definition) is 2. The van der Waals surface area contributed by atoms with Crippen LogP contribution in [0.25, 0.3) is 0 Å². The van der Waals surface area contributed by atoms with Gasteiger partial charge in [0, 0.05) is 0 Å². The topological polar surface area (TPSA) is 26.3 Å². The van der Waals surface area contributed by atoms with Gasteiger partial charge in [-0.15, -0.1) is 0 Å². The molecule has 1 aromatic carbocycles. The molecule has 0 radical (unpaired) electrons. The fourth-order valence-electron chi connectivity index (χ4n) is 2.56. The molecular weight excluding hydrogens is 248 g/mol. The molecule has 0 bridgehead atoms. The minimum Gasteiger partial charge on any atom is -0.465 e. The van der Waals surface area contributed by atoms with Crippen LogP contribution in [0, 0.1) is 5.92 Å². The Bertz CT molecular complexity index is 373. The molecule has 2 nitrogen and oxygen atoms in total. The van der Waals surface area contributed by atoms with Crippen molar-refractivity contribution in [1.82, 2.24) is 0 Å². The molecule has 0 aliphatic rings. The van der Waals surface area contributed by atoms with E-state index in [2.05, 4.69) is 26.0 Å². The third kappa shape index (κ3) is 5.77. The van der Waals surface area contributed by atoms with Crippen molar-refractivity contribution in [3.05, 3.63) is 35.4 Å². The maximum Gasteiger partial charge on any atom is 0.337 e. The van der Waals surface area contributed by atoms with Gasteiger partial charge in [0.25, 0.3) is 0 Å². The van der Waals surface area contributed by atoms with E-state index in [0.29, 0.717) is 5.56 Å². The largest absolute Gasteiger partial charge is 0.465 e. The smallest absolute Gasteiger partial charge is 0.337 e. The monoisotopic (exact) mass is 276 g/mol. The molecule has 1 rings (SSSR count). The van der Waals surface area contributed by atoms with Crippen LogP contribution in [0.5, 0.6) is 0 Å². The Morgan fingerprint density at radius 1 is 1.05 bits per heavy atom. The number of benzene rings is 1. The van der Waals surface area contributed by atoms with E-state index in [0.717, 1.165) is 12.3 Å². The SMILES string of the molecule is CCCCC(CCCC)Cc1ccc(C(=O)OC)cc1. The van der Waals surface area contributed by atoms with Gasteiger partial charge in [-0.25, -0.2) is 4.79 Å². The molecule has 0 N–H and O–H groups in total. The molecule has 0 saturated heterocycles. The fraction of sp³-hybridized carbons (Fsp3) is 0.611. The fourth-order valence-corrected chi connectivity index (χ4v) is 2.56. The summed E-state index contributed by atoms with van der Waals surface area (Å²) in [7, 11) is 1.42. The highest BCUT2D eigenvalue weighted by atomic mass is 16.5. The molecule has 0 unspecified atom stereocenters. The maximum absolute atomic E-state index is 11.4. The molecular formula is C18H28O2. The highest BCUT2D eigenvalue weighted by Crippen LogP contribution is 2.21. The summed E-state index contributed by atoms with van der Waals surface area (Å²) in [5.74, 6) is 0.518. The Kier molecular flexibility index (Phi) is 8.01. The molecule has 0 heterocycles. The van der Waals surface area contributed by atoms with Crippen LogP contribution in [0.3, 0.4) is 0 Å². The van der Waals surface area contributed by atoms with Gasteiger partial charge in [-0.3, -0.25) is 0 Å². The van der Waals surface area contributed by atoms with Gasteiger partial charge in [0.15, 0.2) is 0 Å². The summed E-state index contributed by atoms with van der Waals surface area (Å²) >= 11 is 0. The van der Waals surface area contributed by atoms with Gasteiger partial charge >= 0.3 is 5.97 Å². The number of carbonyl (C=O) groups is 1. The lowest BCUT2D eigenvalue weighted by Gasteiger charge is -2.16. The number of unbranched alkanes of at least 4 members (excludes halogenated alkanes) is 2. The second-order valence-electron chi connectivity index (χ2n) is 5.54. The molecule has 2 heteroatoms. The van der Waals surface area contributed by atoms with Crippen LogP contribution < -0.4 is 0 Å². The van der Waals surface area contributed by atoms with Gasteiger partial charge in [0.2, 0.25) is 0 Å². The van der Waals surface area contributed by atoms with E-state index in [9.17, 15) is 4.79 Å². The molecule has 0 spiro atoms. The van der Waals surface area contributed by atoms with Crippen LogP contribution in [0.15, 0.2) is 24.3 Å². The third-order valence-electron chi connectivity index (χ3n) is 3.83. The second-order valence-corrected chi connectivity index (χ2v) is 5.54. The molecule has 0 aliphatic heterocycles.